The average molecular weight is 269 g/mol. The number of nitrogens with zero attached hydrogens (tertiary/aromatic N) is 4. The predicted molar refractivity (Wildman–Crippen MR) is 71.2 cm³/mol. The van der Waals surface area contributed by atoms with Crippen LogP contribution in [0.3, 0.4) is 0 Å². The number of hydrogen-bond acceptors (Lipinski definition) is 6. The highest BCUT2D eigenvalue weighted by molar-refractivity contribution is 7.98. The lowest BCUT2D eigenvalue weighted by Gasteiger charge is -2.10. The number of nitrogen functional groups attached to an aromatic ring is 1. The van der Waals surface area contributed by atoms with Gasteiger partial charge in [-0.15, -0.1) is 21.5 Å². The van der Waals surface area contributed by atoms with Crippen LogP contribution in [0, 0.1) is 6.92 Å². The molecule has 2 aromatic heterocycles. The minimum absolute atomic E-state index is 0.274. The minimum atomic E-state index is 0.274. The number of thiazole rings is 1. The Hall–Kier alpha value is -1.08. The van der Waals surface area contributed by atoms with Gasteiger partial charge in [-0.3, -0.25) is 4.57 Å². The van der Waals surface area contributed by atoms with E-state index in [4.69, 9.17) is 5.73 Å². The lowest BCUT2D eigenvalue weighted by molar-refractivity contribution is 0.557. The first-order valence-electron chi connectivity index (χ1n) is 5.32. The molecule has 2 heterocycles. The van der Waals surface area contributed by atoms with Crippen molar-refractivity contribution in [3.8, 4) is 0 Å². The van der Waals surface area contributed by atoms with Gasteiger partial charge < -0.3 is 5.73 Å². The van der Waals surface area contributed by atoms with Crippen molar-refractivity contribution < 1.29 is 0 Å². The summed E-state index contributed by atoms with van der Waals surface area (Å²) in [5, 5.41) is 9.96. The van der Waals surface area contributed by atoms with Crippen LogP contribution in [0.15, 0.2) is 11.4 Å². The topological polar surface area (TPSA) is 69.6 Å². The van der Waals surface area contributed by atoms with Gasteiger partial charge in [0.05, 0.1) is 5.01 Å². The first-order valence-corrected chi connectivity index (χ1v) is 7.12. The van der Waals surface area contributed by atoms with Gasteiger partial charge in [-0.1, -0.05) is 11.8 Å². The minimum Gasteiger partial charge on any atom is -0.368 e. The number of hydrogen-bond donors (Lipinski definition) is 1. The molecule has 0 aliphatic carbocycles. The number of anilines is 1. The second kappa shape index (κ2) is 5.05. The SMILES string of the molecule is Cc1ncc(CSc2nnc(N)n2C(C)C)s1. The number of thioether (sulfide) groups is 1. The van der Waals surface area contributed by atoms with Crippen molar-refractivity contribution in [2.45, 2.75) is 37.7 Å². The Morgan fingerprint density at radius 2 is 2.24 bits per heavy atom. The van der Waals surface area contributed by atoms with Crippen molar-refractivity contribution in [3.05, 3.63) is 16.1 Å². The normalized spacial score (nSPS) is 11.3. The van der Waals surface area contributed by atoms with Gasteiger partial charge in [0, 0.05) is 22.9 Å². The molecule has 2 rings (SSSR count). The van der Waals surface area contributed by atoms with Crippen molar-refractivity contribution in [3.63, 3.8) is 0 Å². The molecule has 0 saturated heterocycles. The van der Waals surface area contributed by atoms with Gasteiger partial charge in [-0.05, 0) is 20.8 Å². The van der Waals surface area contributed by atoms with Gasteiger partial charge >= 0.3 is 0 Å². The quantitative estimate of drug-likeness (QED) is 0.864. The highest BCUT2D eigenvalue weighted by Gasteiger charge is 2.13. The Bertz CT molecular complexity index is 503. The molecule has 17 heavy (non-hydrogen) atoms. The largest absolute Gasteiger partial charge is 0.368 e. The third-order valence-electron chi connectivity index (χ3n) is 2.22. The van der Waals surface area contributed by atoms with Crippen molar-refractivity contribution in [2.24, 2.45) is 0 Å². The zero-order valence-corrected chi connectivity index (χ0v) is 11.7. The first-order chi connectivity index (χ1) is 8.08. The van der Waals surface area contributed by atoms with Crippen LogP contribution in [-0.2, 0) is 5.75 Å². The Morgan fingerprint density at radius 3 is 2.82 bits per heavy atom. The van der Waals surface area contributed by atoms with E-state index in [1.54, 1.807) is 23.1 Å². The molecular weight excluding hydrogens is 254 g/mol. The molecule has 92 valence electrons. The zero-order chi connectivity index (χ0) is 12.4. The maximum absolute atomic E-state index is 5.78. The number of nitrogens with two attached hydrogens (primary N) is 1. The van der Waals surface area contributed by atoms with Gasteiger partial charge in [-0.2, -0.15) is 0 Å². The third-order valence-corrected chi connectivity index (χ3v) is 4.31. The molecule has 0 aliphatic rings. The molecule has 2 N–H and O–H groups in total. The average Bonchev–Trinajstić information content (AvgIpc) is 2.82. The molecule has 0 unspecified atom stereocenters. The van der Waals surface area contributed by atoms with Crippen molar-refractivity contribution in [2.75, 3.05) is 5.73 Å². The van der Waals surface area contributed by atoms with Crippen molar-refractivity contribution >= 4 is 29.0 Å². The molecule has 0 spiro atoms. The molecule has 0 aliphatic heterocycles. The maximum atomic E-state index is 5.78. The van der Waals surface area contributed by atoms with E-state index in [1.165, 1.54) is 4.88 Å². The first kappa shape index (κ1) is 12.4. The molecule has 0 atom stereocenters. The van der Waals surface area contributed by atoms with E-state index in [0.29, 0.717) is 5.95 Å². The smallest absolute Gasteiger partial charge is 0.222 e. The van der Waals surface area contributed by atoms with E-state index in [9.17, 15) is 0 Å². The monoisotopic (exact) mass is 269 g/mol. The summed E-state index contributed by atoms with van der Waals surface area (Å²) in [6.45, 7) is 6.15. The van der Waals surface area contributed by atoms with Crippen LogP contribution in [0.4, 0.5) is 5.95 Å². The molecule has 0 saturated carbocycles. The van der Waals surface area contributed by atoms with Gasteiger partial charge in [-0.25, -0.2) is 4.98 Å². The highest BCUT2D eigenvalue weighted by atomic mass is 32.2. The number of rotatable bonds is 4. The number of aromatic nitrogens is 4. The summed E-state index contributed by atoms with van der Waals surface area (Å²) in [5.41, 5.74) is 5.78. The summed E-state index contributed by atoms with van der Waals surface area (Å²) in [7, 11) is 0. The summed E-state index contributed by atoms with van der Waals surface area (Å²) >= 11 is 3.35. The summed E-state index contributed by atoms with van der Waals surface area (Å²) in [4.78, 5) is 5.47. The predicted octanol–water partition coefficient (Wildman–Crippen LogP) is 2.50. The van der Waals surface area contributed by atoms with Crippen LogP contribution in [0.1, 0.15) is 29.8 Å². The second-order valence-corrected chi connectivity index (χ2v) is 6.20. The Morgan fingerprint density at radius 1 is 1.47 bits per heavy atom. The van der Waals surface area contributed by atoms with Gasteiger partial charge in [0.1, 0.15) is 0 Å². The van der Waals surface area contributed by atoms with Gasteiger partial charge in [0.2, 0.25) is 5.95 Å². The Kier molecular flexibility index (Phi) is 3.68. The lowest BCUT2D eigenvalue weighted by atomic mass is 10.4. The molecule has 0 amide bonds. The lowest BCUT2D eigenvalue weighted by Crippen LogP contribution is -2.06. The second-order valence-electron chi connectivity index (χ2n) is 3.94. The standard InChI is InChI=1S/C10H15N5S2/c1-6(2)15-9(11)13-14-10(15)16-5-8-4-12-7(3)17-8/h4,6H,5H2,1-3H3,(H2,11,13). The van der Waals surface area contributed by atoms with Gasteiger partial charge in [0.15, 0.2) is 5.16 Å². The maximum Gasteiger partial charge on any atom is 0.222 e. The summed E-state index contributed by atoms with van der Waals surface area (Å²) in [6, 6.07) is 0.274. The molecule has 5 nitrogen and oxygen atoms in total. The molecular formula is C10H15N5S2. The van der Waals surface area contributed by atoms with E-state index >= 15 is 0 Å². The molecule has 0 bridgehead atoms. The Labute approximate surface area is 108 Å². The van der Waals surface area contributed by atoms with Crippen LogP contribution in [0.5, 0.6) is 0 Å². The van der Waals surface area contributed by atoms with E-state index in [1.807, 2.05) is 17.7 Å². The van der Waals surface area contributed by atoms with Crippen LogP contribution in [0.2, 0.25) is 0 Å². The molecule has 2 aromatic rings. The summed E-state index contributed by atoms with van der Waals surface area (Å²) in [6.07, 6.45) is 1.91. The van der Waals surface area contributed by atoms with Crippen LogP contribution in [0.25, 0.3) is 0 Å². The fourth-order valence-corrected chi connectivity index (χ4v) is 3.37. The van der Waals surface area contributed by atoms with E-state index in [-0.39, 0.29) is 6.04 Å². The van der Waals surface area contributed by atoms with Crippen molar-refractivity contribution in [1.82, 2.24) is 19.7 Å². The third kappa shape index (κ3) is 2.78. The number of aryl methyl sites for hydroxylation is 1. The molecule has 0 radical (unpaired) electrons. The molecule has 0 aromatic carbocycles. The molecule has 0 fully saturated rings. The van der Waals surface area contributed by atoms with Gasteiger partial charge in [0.25, 0.3) is 0 Å². The fraction of sp³-hybridized carbons (Fsp3) is 0.500. The summed E-state index contributed by atoms with van der Waals surface area (Å²) in [5.74, 6) is 1.33. The van der Waals surface area contributed by atoms with Crippen LogP contribution in [-0.4, -0.2) is 19.7 Å². The summed E-state index contributed by atoms with van der Waals surface area (Å²) < 4.78 is 1.94. The highest BCUT2D eigenvalue weighted by Crippen LogP contribution is 2.27. The molecule has 7 heteroatoms. The van der Waals surface area contributed by atoms with Crippen LogP contribution < -0.4 is 5.73 Å². The van der Waals surface area contributed by atoms with Crippen molar-refractivity contribution in [1.29, 1.82) is 0 Å². The van der Waals surface area contributed by atoms with E-state index in [2.05, 4.69) is 29.0 Å². The Balaban J connectivity index is 2.09. The fourth-order valence-electron chi connectivity index (χ4n) is 1.48. The zero-order valence-electron chi connectivity index (χ0n) is 10.0. The van der Waals surface area contributed by atoms with Crippen LogP contribution >= 0.6 is 23.1 Å². The van der Waals surface area contributed by atoms with E-state index in [0.717, 1.165) is 15.9 Å². The van der Waals surface area contributed by atoms with E-state index < -0.39 is 0 Å².